The lowest BCUT2D eigenvalue weighted by atomic mass is 10.1. The fourth-order valence-electron chi connectivity index (χ4n) is 2.17. The van der Waals surface area contributed by atoms with Gasteiger partial charge in [0.15, 0.2) is 11.5 Å². The summed E-state index contributed by atoms with van der Waals surface area (Å²) >= 11 is 7.61. The van der Waals surface area contributed by atoms with Crippen molar-refractivity contribution in [3.63, 3.8) is 0 Å². The highest BCUT2D eigenvalue weighted by molar-refractivity contribution is 7.98. The molecule has 0 aliphatic rings. The molecule has 24 heavy (non-hydrogen) atoms. The molecule has 128 valence electrons. The summed E-state index contributed by atoms with van der Waals surface area (Å²) in [6, 6.07) is 13.0. The molecule has 1 N–H and O–H groups in total. The summed E-state index contributed by atoms with van der Waals surface area (Å²) in [6.45, 7) is 0.581. The van der Waals surface area contributed by atoms with Crippen molar-refractivity contribution >= 4 is 29.3 Å². The van der Waals surface area contributed by atoms with E-state index in [4.69, 9.17) is 21.1 Å². The minimum atomic E-state index is -0.169. The SMILES string of the molecule is COc1cccc(C(=O)NCCSCc2ccc(Cl)cc2)c1OC. The molecule has 1 amide bonds. The Bertz CT molecular complexity index is 676. The summed E-state index contributed by atoms with van der Waals surface area (Å²) in [5.41, 5.74) is 1.68. The zero-order valence-corrected chi connectivity index (χ0v) is 15.2. The number of rotatable bonds is 8. The van der Waals surface area contributed by atoms with Gasteiger partial charge in [-0.2, -0.15) is 11.8 Å². The van der Waals surface area contributed by atoms with E-state index < -0.39 is 0 Å². The zero-order chi connectivity index (χ0) is 17.4. The first-order valence-electron chi connectivity index (χ1n) is 7.47. The van der Waals surface area contributed by atoms with E-state index in [9.17, 15) is 4.79 Å². The number of thioether (sulfide) groups is 1. The van der Waals surface area contributed by atoms with Crippen LogP contribution in [0.15, 0.2) is 42.5 Å². The van der Waals surface area contributed by atoms with E-state index in [0.29, 0.717) is 23.6 Å². The lowest BCUT2D eigenvalue weighted by Gasteiger charge is -2.12. The van der Waals surface area contributed by atoms with Gasteiger partial charge in [0, 0.05) is 23.1 Å². The second kappa shape index (κ2) is 9.45. The van der Waals surface area contributed by atoms with Gasteiger partial charge in [0.1, 0.15) is 0 Å². The van der Waals surface area contributed by atoms with Crippen LogP contribution in [0.2, 0.25) is 5.02 Å². The topological polar surface area (TPSA) is 47.6 Å². The second-order valence-electron chi connectivity index (χ2n) is 4.98. The van der Waals surface area contributed by atoms with Crippen molar-refractivity contribution < 1.29 is 14.3 Å². The molecular formula is C18H20ClNO3S. The fraction of sp³-hybridized carbons (Fsp3) is 0.278. The van der Waals surface area contributed by atoms with Crippen LogP contribution >= 0.6 is 23.4 Å². The average Bonchev–Trinajstić information content (AvgIpc) is 2.62. The first-order chi connectivity index (χ1) is 11.7. The number of para-hydroxylation sites is 1. The molecule has 0 saturated carbocycles. The van der Waals surface area contributed by atoms with Gasteiger partial charge in [-0.1, -0.05) is 29.8 Å². The fourth-order valence-corrected chi connectivity index (χ4v) is 3.11. The lowest BCUT2D eigenvalue weighted by Crippen LogP contribution is -2.26. The molecule has 0 aliphatic carbocycles. The minimum Gasteiger partial charge on any atom is -0.493 e. The number of nitrogens with one attached hydrogen (secondary N) is 1. The molecule has 4 nitrogen and oxygen atoms in total. The molecule has 2 rings (SSSR count). The summed E-state index contributed by atoms with van der Waals surface area (Å²) in [5, 5.41) is 3.64. The number of benzene rings is 2. The molecule has 0 aliphatic heterocycles. The van der Waals surface area contributed by atoms with Crippen molar-refractivity contribution in [1.29, 1.82) is 0 Å². The molecular weight excluding hydrogens is 346 g/mol. The summed E-state index contributed by atoms with van der Waals surface area (Å²) in [5.74, 6) is 2.53. The van der Waals surface area contributed by atoms with Gasteiger partial charge in [-0.05, 0) is 29.8 Å². The van der Waals surface area contributed by atoms with Crippen molar-refractivity contribution in [3.8, 4) is 11.5 Å². The number of carbonyl (C=O) groups excluding carboxylic acids is 1. The van der Waals surface area contributed by atoms with Gasteiger partial charge in [0.05, 0.1) is 19.8 Å². The molecule has 2 aromatic carbocycles. The predicted molar refractivity (Wildman–Crippen MR) is 99.5 cm³/mol. The Balaban J connectivity index is 1.80. The summed E-state index contributed by atoms with van der Waals surface area (Å²) in [4.78, 5) is 12.3. The number of hydrogen-bond donors (Lipinski definition) is 1. The molecule has 0 saturated heterocycles. The average molecular weight is 366 g/mol. The van der Waals surface area contributed by atoms with E-state index in [1.807, 2.05) is 24.3 Å². The van der Waals surface area contributed by atoms with Crippen molar-refractivity contribution in [1.82, 2.24) is 5.32 Å². The van der Waals surface area contributed by atoms with Crippen molar-refractivity contribution in [2.24, 2.45) is 0 Å². The van der Waals surface area contributed by atoms with Crippen LogP contribution in [-0.4, -0.2) is 32.4 Å². The Hall–Kier alpha value is -1.85. The normalized spacial score (nSPS) is 10.3. The maximum absolute atomic E-state index is 12.3. The quantitative estimate of drug-likeness (QED) is 0.718. The maximum Gasteiger partial charge on any atom is 0.255 e. The Morgan fingerprint density at radius 1 is 1.12 bits per heavy atom. The molecule has 0 aromatic heterocycles. The first-order valence-corrected chi connectivity index (χ1v) is 9.00. The number of halogens is 1. The van der Waals surface area contributed by atoms with Crippen molar-refractivity contribution in [2.75, 3.05) is 26.5 Å². The van der Waals surface area contributed by atoms with Crippen LogP contribution in [0.4, 0.5) is 0 Å². The van der Waals surface area contributed by atoms with Crippen LogP contribution in [0.5, 0.6) is 11.5 Å². The standard InChI is InChI=1S/C18H20ClNO3S/c1-22-16-5-3-4-15(17(16)23-2)18(21)20-10-11-24-12-13-6-8-14(19)9-7-13/h3-9H,10-12H2,1-2H3,(H,20,21). The smallest absolute Gasteiger partial charge is 0.255 e. The third-order valence-electron chi connectivity index (χ3n) is 3.36. The molecule has 0 bridgehead atoms. The van der Waals surface area contributed by atoms with Gasteiger partial charge in [-0.15, -0.1) is 0 Å². The molecule has 2 aromatic rings. The monoisotopic (exact) mass is 365 g/mol. The van der Waals surface area contributed by atoms with Crippen LogP contribution in [0.3, 0.4) is 0 Å². The third kappa shape index (κ3) is 5.08. The predicted octanol–water partition coefficient (Wildman–Crippen LogP) is 4.02. The molecule has 0 heterocycles. The van der Waals surface area contributed by atoms with Crippen LogP contribution in [-0.2, 0) is 5.75 Å². The summed E-state index contributed by atoms with van der Waals surface area (Å²) in [6.07, 6.45) is 0. The van der Waals surface area contributed by atoms with Crippen LogP contribution in [0.25, 0.3) is 0 Å². The highest BCUT2D eigenvalue weighted by Crippen LogP contribution is 2.30. The van der Waals surface area contributed by atoms with Crippen LogP contribution in [0, 0.1) is 0 Å². The molecule has 0 spiro atoms. The van der Waals surface area contributed by atoms with Gasteiger partial charge >= 0.3 is 0 Å². The van der Waals surface area contributed by atoms with E-state index in [1.54, 1.807) is 37.1 Å². The number of methoxy groups -OCH3 is 2. The van der Waals surface area contributed by atoms with Gasteiger partial charge in [-0.3, -0.25) is 4.79 Å². The molecule has 0 fully saturated rings. The summed E-state index contributed by atoms with van der Waals surface area (Å²) in [7, 11) is 3.07. The molecule has 0 radical (unpaired) electrons. The minimum absolute atomic E-state index is 0.169. The Labute approximate surface area is 151 Å². The Morgan fingerprint density at radius 2 is 1.88 bits per heavy atom. The third-order valence-corrected chi connectivity index (χ3v) is 4.64. The first kappa shape index (κ1) is 18.5. The van der Waals surface area contributed by atoms with E-state index in [0.717, 1.165) is 16.5 Å². The second-order valence-corrected chi connectivity index (χ2v) is 6.52. The van der Waals surface area contributed by atoms with E-state index in [-0.39, 0.29) is 5.91 Å². The largest absolute Gasteiger partial charge is 0.493 e. The van der Waals surface area contributed by atoms with Crippen molar-refractivity contribution in [3.05, 3.63) is 58.6 Å². The zero-order valence-electron chi connectivity index (χ0n) is 13.7. The van der Waals surface area contributed by atoms with Crippen LogP contribution in [0.1, 0.15) is 15.9 Å². The molecule has 0 atom stereocenters. The van der Waals surface area contributed by atoms with Crippen LogP contribution < -0.4 is 14.8 Å². The number of ether oxygens (including phenoxy) is 2. The van der Waals surface area contributed by atoms with Gasteiger partial charge in [0.2, 0.25) is 0 Å². The lowest BCUT2D eigenvalue weighted by molar-refractivity contribution is 0.0952. The van der Waals surface area contributed by atoms with Gasteiger partial charge in [-0.25, -0.2) is 0 Å². The highest BCUT2D eigenvalue weighted by atomic mass is 35.5. The molecule has 6 heteroatoms. The number of hydrogen-bond acceptors (Lipinski definition) is 4. The highest BCUT2D eigenvalue weighted by Gasteiger charge is 2.15. The van der Waals surface area contributed by atoms with Crippen molar-refractivity contribution in [2.45, 2.75) is 5.75 Å². The van der Waals surface area contributed by atoms with E-state index >= 15 is 0 Å². The molecule has 0 unspecified atom stereocenters. The maximum atomic E-state index is 12.3. The van der Waals surface area contributed by atoms with Gasteiger partial charge in [0.25, 0.3) is 5.91 Å². The Morgan fingerprint density at radius 3 is 2.54 bits per heavy atom. The number of carbonyl (C=O) groups is 1. The Kier molecular flexibility index (Phi) is 7.28. The number of amides is 1. The summed E-state index contributed by atoms with van der Waals surface area (Å²) < 4.78 is 10.5. The van der Waals surface area contributed by atoms with Gasteiger partial charge < -0.3 is 14.8 Å². The van der Waals surface area contributed by atoms with E-state index in [2.05, 4.69) is 5.32 Å². The van der Waals surface area contributed by atoms with E-state index in [1.165, 1.54) is 12.7 Å².